The smallest absolute Gasteiger partial charge is 0.328 e. The van der Waals surface area contributed by atoms with E-state index in [-0.39, 0.29) is 30.0 Å². The maximum absolute atomic E-state index is 14.0. The maximum Gasteiger partial charge on any atom is 0.328 e. The summed E-state index contributed by atoms with van der Waals surface area (Å²) in [5.74, 6) is -2.08. The number of esters is 1. The van der Waals surface area contributed by atoms with E-state index in [2.05, 4.69) is 5.32 Å². The minimum atomic E-state index is -0.871. The zero-order valence-electron chi connectivity index (χ0n) is 15.6. The van der Waals surface area contributed by atoms with Gasteiger partial charge in [-0.15, -0.1) is 0 Å². The summed E-state index contributed by atoms with van der Waals surface area (Å²) in [4.78, 5) is 15.0. The normalized spacial score (nSPS) is 17.9. The third-order valence-electron chi connectivity index (χ3n) is 4.68. The molecule has 0 unspecified atom stereocenters. The molecule has 0 amide bonds. The Morgan fingerprint density at radius 1 is 1.41 bits per heavy atom. The molecule has 1 aliphatic heterocycles. The minimum Gasteiger partial charge on any atom is -0.467 e. The summed E-state index contributed by atoms with van der Waals surface area (Å²) in [6.45, 7) is 4.00. The number of rotatable bonds is 7. The Hall–Kier alpha value is -1.67. The largest absolute Gasteiger partial charge is 0.467 e. The summed E-state index contributed by atoms with van der Waals surface area (Å²) in [6, 6.07) is 3.59. The predicted molar refractivity (Wildman–Crippen MR) is 109 cm³/mol. The van der Waals surface area contributed by atoms with E-state index in [0.717, 1.165) is 12.5 Å². The highest BCUT2D eigenvalue weighted by Gasteiger charge is 2.31. The molecule has 2 rings (SSSR count). The summed E-state index contributed by atoms with van der Waals surface area (Å²) in [7, 11) is 1.34. The molecular weight excluding hydrogens is 390 g/mol. The molecule has 1 heterocycles. The van der Waals surface area contributed by atoms with Crippen molar-refractivity contribution in [3.05, 3.63) is 35.4 Å². The van der Waals surface area contributed by atoms with Crippen molar-refractivity contribution in [2.75, 3.05) is 7.11 Å². The lowest BCUT2D eigenvalue weighted by Gasteiger charge is -2.28. The molecule has 1 aliphatic rings. The van der Waals surface area contributed by atoms with Gasteiger partial charge in [-0.3, -0.25) is 0 Å². The lowest BCUT2D eigenvalue weighted by molar-refractivity contribution is -0.143. The Morgan fingerprint density at radius 3 is 2.74 bits per heavy atom. The molecule has 0 aliphatic carbocycles. The van der Waals surface area contributed by atoms with Crippen molar-refractivity contribution in [2.45, 2.75) is 51.7 Å². The molecule has 1 saturated heterocycles. The van der Waals surface area contributed by atoms with E-state index < -0.39 is 17.7 Å². The van der Waals surface area contributed by atoms with Crippen LogP contribution in [0.2, 0.25) is 0 Å². The van der Waals surface area contributed by atoms with Crippen LogP contribution < -0.4 is 5.32 Å². The number of hydrogen-bond donors (Lipinski definition) is 1. The zero-order chi connectivity index (χ0) is 20.1. The summed E-state index contributed by atoms with van der Waals surface area (Å²) in [6.07, 6.45) is 1.96. The van der Waals surface area contributed by atoms with E-state index in [1.807, 2.05) is 18.7 Å². The van der Waals surface area contributed by atoms with E-state index in [1.54, 1.807) is 6.07 Å². The second-order valence-corrected chi connectivity index (χ2v) is 7.91. The molecule has 0 saturated carbocycles. The van der Waals surface area contributed by atoms with Gasteiger partial charge in [-0.25, -0.2) is 13.6 Å². The minimum absolute atomic E-state index is 0.0116. The number of carbonyl (C=O) groups excluding carboxylic acids is 1. The quantitative estimate of drug-likeness (QED) is 0.541. The van der Waals surface area contributed by atoms with Gasteiger partial charge in [0.05, 0.1) is 17.1 Å². The van der Waals surface area contributed by atoms with Gasteiger partial charge >= 0.3 is 5.97 Å². The van der Waals surface area contributed by atoms with Gasteiger partial charge in [0.25, 0.3) is 0 Å². The first-order chi connectivity index (χ1) is 12.7. The summed E-state index contributed by atoms with van der Waals surface area (Å²) >= 11 is 10.8. The summed E-state index contributed by atoms with van der Waals surface area (Å²) in [5.41, 5.74) is 0.262. The van der Waals surface area contributed by atoms with Crippen LogP contribution >= 0.6 is 24.4 Å². The number of benzene rings is 1. The average Bonchev–Trinajstić information content (AvgIpc) is 2.95. The Labute approximate surface area is 169 Å². The van der Waals surface area contributed by atoms with Crippen molar-refractivity contribution >= 4 is 40.4 Å². The van der Waals surface area contributed by atoms with Gasteiger partial charge in [-0.2, -0.15) is 0 Å². The van der Waals surface area contributed by atoms with Crippen LogP contribution in [0.5, 0.6) is 0 Å². The number of carbonyl (C=O) groups is 1. The standard InChI is InChI=1S/C19H24F2N2O2S2/c1-11(2)18(19(24)25-3)22-15(26)9-13-7-8-16(27)23(13)10-12-5-4-6-14(20)17(12)21/h4-6,11,13,18H,7-10H2,1-3H3,(H,22,26)/t13-,18-/m0/s1. The van der Waals surface area contributed by atoms with E-state index >= 15 is 0 Å². The van der Waals surface area contributed by atoms with Crippen molar-refractivity contribution in [1.82, 2.24) is 10.2 Å². The lowest BCUT2D eigenvalue weighted by atomic mass is 10.0. The number of halogens is 2. The van der Waals surface area contributed by atoms with E-state index in [4.69, 9.17) is 29.2 Å². The highest BCUT2D eigenvalue weighted by Crippen LogP contribution is 2.26. The molecule has 0 bridgehead atoms. The molecular formula is C19H24F2N2O2S2. The SMILES string of the molecule is COC(=O)[C@@H](NC(=S)C[C@@H]1CCC(=S)N1Cc1cccc(F)c1F)C(C)C. The van der Waals surface area contributed by atoms with Crippen LogP contribution in [0.1, 0.15) is 38.7 Å². The number of thiocarbonyl (C=S) groups is 2. The van der Waals surface area contributed by atoms with Gasteiger partial charge in [0, 0.05) is 24.6 Å². The fourth-order valence-electron chi connectivity index (χ4n) is 3.15. The third-order valence-corrected chi connectivity index (χ3v) is 5.41. The van der Waals surface area contributed by atoms with Gasteiger partial charge < -0.3 is 15.0 Å². The first-order valence-electron chi connectivity index (χ1n) is 8.84. The maximum atomic E-state index is 14.0. The fourth-order valence-corrected chi connectivity index (χ4v) is 3.80. The van der Waals surface area contributed by atoms with Crippen molar-refractivity contribution < 1.29 is 18.3 Å². The number of nitrogens with one attached hydrogen (secondary N) is 1. The van der Waals surface area contributed by atoms with Crippen LogP contribution in [-0.4, -0.2) is 40.0 Å². The third kappa shape index (κ3) is 5.42. The molecule has 0 aromatic heterocycles. The molecule has 1 aromatic rings. The number of nitrogens with zero attached hydrogens (tertiary/aromatic N) is 1. The van der Waals surface area contributed by atoms with Crippen LogP contribution in [0.15, 0.2) is 18.2 Å². The van der Waals surface area contributed by atoms with Crippen LogP contribution in [-0.2, 0) is 16.1 Å². The summed E-state index contributed by atoms with van der Waals surface area (Å²) in [5, 5.41) is 3.07. The van der Waals surface area contributed by atoms with Gasteiger partial charge in [0.2, 0.25) is 0 Å². The Kier molecular flexibility index (Phi) is 7.61. The van der Waals surface area contributed by atoms with Crippen molar-refractivity contribution in [3.8, 4) is 0 Å². The highest BCUT2D eigenvalue weighted by atomic mass is 32.1. The van der Waals surface area contributed by atoms with Crippen molar-refractivity contribution in [3.63, 3.8) is 0 Å². The first kappa shape index (κ1) is 21.6. The molecule has 27 heavy (non-hydrogen) atoms. The van der Waals surface area contributed by atoms with Crippen molar-refractivity contribution in [2.24, 2.45) is 5.92 Å². The van der Waals surface area contributed by atoms with E-state index in [9.17, 15) is 13.6 Å². The van der Waals surface area contributed by atoms with Gasteiger partial charge in [0.1, 0.15) is 6.04 Å². The summed E-state index contributed by atoms with van der Waals surface area (Å²) < 4.78 is 32.3. The molecule has 0 spiro atoms. The number of methoxy groups -OCH3 is 1. The lowest BCUT2D eigenvalue weighted by Crippen LogP contribution is -2.46. The average molecular weight is 415 g/mol. The molecule has 4 nitrogen and oxygen atoms in total. The molecule has 8 heteroatoms. The topological polar surface area (TPSA) is 41.6 Å². The van der Waals surface area contributed by atoms with Crippen LogP contribution in [0, 0.1) is 17.6 Å². The number of ether oxygens (including phenoxy) is 1. The Balaban J connectivity index is 2.06. The molecule has 0 radical (unpaired) electrons. The van der Waals surface area contributed by atoms with Gasteiger partial charge in [-0.1, -0.05) is 50.4 Å². The zero-order valence-corrected chi connectivity index (χ0v) is 17.3. The van der Waals surface area contributed by atoms with Crippen LogP contribution in [0.4, 0.5) is 8.78 Å². The van der Waals surface area contributed by atoms with E-state index in [0.29, 0.717) is 22.8 Å². The fraction of sp³-hybridized carbons (Fsp3) is 0.526. The van der Waals surface area contributed by atoms with Crippen LogP contribution in [0.3, 0.4) is 0 Å². The Morgan fingerprint density at radius 2 is 2.11 bits per heavy atom. The molecule has 1 N–H and O–H groups in total. The monoisotopic (exact) mass is 414 g/mol. The molecule has 1 fully saturated rings. The molecule has 2 atom stereocenters. The number of hydrogen-bond acceptors (Lipinski definition) is 4. The molecule has 148 valence electrons. The predicted octanol–water partition coefficient (Wildman–Crippen LogP) is 3.76. The van der Waals surface area contributed by atoms with Gasteiger partial charge in [-0.05, 0) is 24.8 Å². The second-order valence-electron chi connectivity index (χ2n) is 6.94. The first-order valence-corrected chi connectivity index (χ1v) is 9.65. The number of likely N-dealkylation sites (tertiary alicyclic amines) is 1. The second kappa shape index (κ2) is 9.50. The molecule has 1 aromatic carbocycles. The van der Waals surface area contributed by atoms with Gasteiger partial charge in [0.15, 0.2) is 11.6 Å². The van der Waals surface area contributed by atoms with E-state index in [1.165, 1.54) is 13.2 Å². The van der Waals surface area contributed by atoms with Crippen molar-refractivity contribution in [1.29, 1.82) is 0 Å². The Bertz CT molecular complexity index is 728. The highest BCUT2D eigenvalue weighted by molar-refractivity contribution is 7.80. The van der Waals surface area contributed by atoms with Crippen LogP contribution in [0.25, 0.3) is 0 Å².